The standard InChI is InChI=1S/C22H26FN5OS/c1-16(25(2)3)21-24-27(22(30)28(21)19-10-8-18(23)9-11-19)15-26-12-13-29-20-7-5-4-6-17(20)14-26/h4-11,16H,12-15H2,1-3H3. The summed E-state index contributed by atoms with van der Waals surface area (Å²) >= 11 is 5.81. The Hall–Kier alpha value is -2.55. The number of halogens is 1. The Morgan fingerprint density at radius 2 is 1.90 bits per heavy atom. The largest absolute Gasteiger partial charge is 0.492 e. The molecule has 0 spiro atoms. The zero-order chi connectivity index (χ0) is 21.3. The third-order valence-electron chi connectivity index (χ3n) is 5.46. The molecular formula is C22H26FN5OS. The van der Waals surface area contributed by atoms with E-state index in [-0.39, 0.29) is 11.9 Å². The molecule has 2 aromatic carbocycles. The Balaban J connectivity index is 1.69. The van der Waals surface area contributed by atoms with Gasteiger partial charge in [0.2, 0.25) is 4.77 Å². The van der Waals surface area contributed by atoms with Crippen LogP contribution in [0.4, 0.5) is 4.39 Å². The lowest BCUT2D eigenvalue weighted by Gasteiger charge is -2.20. The van der Waals surface area contributed by atoms with Crippen molar-refractivity contribution in [2.45, 2.75) is 26.2 Å². The number of hydrogen-bond donors (Lipinski definition) is 0. The van der Waals surface area contributed by atoms with Crippen LogP contribution in [-0.2, 0) is 13.2 Å². The van der Waals surface area contributed by atoms with Gasteiger partial charge in [-0.1, -0.05) is 18.2 Å². The highest BCUT2D eigenvalue weighted by molar-refractivity contribution is 7.71. The lowest BCUT2D eigenvalue weighted by molar-refractivity contribution is 0.176. The van der Waals surface area contributed by atoms with Gasteiger partial charge in [-0.25, -0.2) is 9.07 Å². The highest BCUT2D eigenvalue weighted by Crippen LogP contribution is 2.24. The van der Waals surface area contributed by atoms with Gasteiger partial charge in [0.1, 0.15) is 18.2 Å². The highest BCUT2D eigenvalue weighted by atomic mass is 32.1. The summed E-state index contributed by atoms with van der Waals surface area (Å²) in [6.45, 7) is 4.79. The molecule has 0 N–H and O–H groups in total. The van der Waals surface area contributed by atoms with Crippen molar-refractivity contribution in [2.24, 2.45) is 0 Å². The van der Waals surface area contributed by atoms with E-state index in [1.807, 2.05) is 41.5 Å². The minimum Gasteiger partial charge on any atom is -0.492 e. The van der Waals surface area contributed by atoms with Crippen molar-refractivity contribution in [3.05, 3.63) is 70.5 Å². The van der Waals surface area contributed by atoms with Gasteiger partial charge in [0, 0.05) is 24.3 Å². The van der Waals surface area contributed by atoms with Crippen molar-refractivity contribution < 1.29 is 9.13 Å². The van der Waals surface area contributed by atoms with E-state index in [1.165, 1.54) is 12.1 Å². The third-order valence-corrected chi connectivity index (χ3v) is 5.86. The predicted octanol–water partition coefficient (Wildman–Crippen LogP) is 4.02. The van der Waals surface area contributed by atoms with Crippen molar-refractivity contribution in [1.29, 1.82) is 0 Å². The molecule has 0 saturated carbocycles. The molecule has 0 saturated heterocycles. The summed E-state index contributed by atoms with van der Waals surface area (Å²) in [4.78, 5) is 4.35. The highest BCUT2D eigenvalue weighted by Gasteiger charge is 2.22. The van der Waals surface area contributed by atoms with Crippen LogP contribution in [0.15, 0.2) is 48.5 Å². The molecule has 30 heavy (non-hydrogen) atoms. The number of nitrogens with zero attached hydrogens (tertiary/aromatic N) is 5. The molecule has 1 aliphatic heterocycles. The average Bonchev–Trinajstić information content (AvgIpc) is 2.92. The lowest BCUT2D eigenvalue weighted by atomic mass is 10.2. The first kappa shape index (κ1) is 20.7. The quantitative estimate of drug-likeness (QED) is 0.575. The molecule has 1 aromatic heterocycles. The summed E-state index contributed by atoms with van der Waals surface area (Å²) in [6.07, 6.45) is 0. The van der Waals surface area contributed by atoms with E-state index in [0.717, 1.165) is 35.9 Å². The average molecular weight is 428 g/mol. The summed E-state index contributed by atoms with van der Waals surface area (Å²) in [5, 5.41) is 4.87. The Bertz CT molecular complexity index is 1080. The first-order valence-corrected chi connectivity index (χ1v) is 10.4. The number of benzene rings is 2. The molecule has 0 aliphatic carbocycles. The topological polar surface area (TPSA) is 38.5 Å². The number of ether oxygens (including phenoxy) is 1. The molecule has 1 atom stereocenters. The fourth-order valence-electron chi connectivity index (χ4n) is 3.54. The number of hydrogen-bond acceptors (Lipinski definition) is 5. The number of fused-ring (bicyclic) bond motifs is 1. The van der Waals surface area contributed by atoms with E-state index in [4.69, 9.17) is 22.1 Å². The molecule has 1 unspecified atom stereocenters. The Morgan fingerprint density at radius 1 is 1.17 bits per heavy atom. The van der Waals surface area contributed by atoms with E-state index in [0.29, 0.717) is 18.0 Å². The van der Waals surface area contributed by atoms with Crippen LogP contribution in [0.25, 0.3) is 5.69 Å². The number of aromatic nitrogens is 3. The molecule has 4 rings (SSSR count). The smallest absolute Gasteiger partial charge is 0.203 e. The van der Waals surface area contributed by atoms with Crippen LogP contribution in [-0.4, -0.2) is 51.4 Å². The van der Waals surface area contributed by atoms with E-state index in [9.17, 15) is 4.39 Å². The third kappa shape index (κ3) is 4.16. The van der Waals surface area contributed by atoms with E-state index in [2.05, 4.69) is 22.8 Å². The molecule has 0 fully saturated rings. The van der Waals surface area contributed by atoms with Crippen LogP contribution in [0.2, 0.25) is 0 Å². The molecule has 2 heterocycles. The molecule has 3 aromatic rings. The molecule has 0 bridgehead atoms. The lowest BCUT2D eigenvalue weighted by Crippen LogP contribution is -2.29. The monoisotopic (exact) mass is 427 g/mol. The zero-order valence-electron chi connectivity index (χ0n) is 17.5. The van der Waals surface area contributed by atoms with Crippen LogP contribution in [0.5, 0.6) is 5.75 Å². The predicted molar refractivity (Wildman–Crippen MR) is 117 cm³/mol. The molecular weight excluding hydrogens is 401 g/mol. The molecule has 1 aliphatic rings. The Morgan fingerprint density at radius 3 is 2.63 bits per heavy atom. The second-order valence-electron chi connectivity index (χ2n) is 7.74. The Labute approximate surface area is 181 Å². The van der Waals surface area contributed by atoms with Crippen molar-refractivity contribution in [3.8, 4) is 11.4 Å². The van der Waals surface area contributed by atoms with Crippen LogP contribution in [0, 0.1) is 10.6 Å². The van der Waals surface area contributed by atoms with Crippen LogP contribution < -0.4 is 4.74 Å². The van der Waals surface area contributed by atoms with Crippen molar-refractivity contribution in [1.82, 2.24) is 24.1 Å². The fourth-order valence-corrected chi connectivity index (χ4v) is 3.84. The first-order valence-electron chi connectivity index (χ1n) is 9.99. The summed E-state index contributed by atoms with van der Waals surface area (Å²) < 4.78 is 23.7. The van der Waals surface area contributed by atoms with Gasteiger partial charge in [0.15, 0.2) is 5.82 Å². The minimum atomic E-state index is -0.275. The zero-order valence-corrected chi connectivity index (χ0v) is 18.3. The SMILES string of the molecule is CC(c1nn(CN2CCOc3ccccc3C2)c(=S)n1-c1ccc(F)cc1)N(C)C. The summed E-state index contributed by atoms with van der Waals surface area (Å²) in [5.74, 6) is 1.48. The molecule has 0 radical (unpaired) electrons. The number of para-hydroxylation sites is 1. The summed E-state index contributed by atoms with van der Waals surface area (Å²) in [7, 11) is 4.01. The molecule has 8 heteroatoms. The van der Waals surface area contributed by atoms with Crippen LogP contribution >= 0.6 is 12.2 Å². The van der Waals surface area contributed by atoms with Gasteiger partial charge in [-0.3, -0.25) is 14.4 Å². The van der Waals surface area contributed by atoms with Crippen molar-refractivity contribution in [2.75, 3.05) is 27.2 Å². The summed E-state index contributed by atoms with van der Waals surface area (Å²) in [5.41, 5.74) is 1.96. The van der Waals surface area contributed by atoms with Crippen LogP contribution in [0.1, 0.15) is 24.4 Å². The van der Waals surface area contributed by atoms with E-state index >= 15 is 0 Å². The van der Waals surface area contributed by atoms with E-state index in [1.54, 1.807) is 12.1 Å². The fraction of sp³-hybridized carbons (Fsp3) is 0.364. The van der Waals surface area contributed by atoms with Gasteiger partial charge in [-0.2, -0.15) is 5.10 Å². The molecule has 6 nitrogen and oxygen atoms in total. The van der Waals surface area contributed by atoms with Gasteiger partial charge in [0.05, 0.1) is 12.7 Å². The van der Waals surface area contributed by atoms with Crippen molar-refractivity contribution >= 4 is 12.2 Å². The second kappa shape index (κ2) is 8.67. The normalized spacial score (nSPS) is 15.5. The molecule has 0 amide bonds. The maximum Gasteiger partial charge on any atom is 0.203 e. The van der Waals surface area contributed by atoms with Gasteiger partial charge in [-0.15, -0.1) is 0 Å². The van der Waals surface area contributed by atoms with Gasteiger partial charge in [0.25, 0.3) is 0 Å². The van der Waals surface area contributed by atoms with Gasteiger partial charge >= 0.3 is 0 Å². The van der Waals surface area contributed by atoms with Crippen LogP contribution in [0.3, 0.4) is 0 Å². The maximum absolute atomic E-state index is 13.5. The van der Waals surface area contributed by atoms with Gasteiger partial charge in [-0.05, 0) is 63.6 Å². The number of rotatable bonds is 5. The maximum atomic E-state index is 13.5. The van der Waals surface area contributed by atoms with Crippen molar-refractivity contribution in [3.63, 3.8) is 0 Å². The summed E-state index contributed by atoms with van der Waals surface area (Å²) in [6, 6.07) is 14.5. The minimum absolute atomic E-state index is 0.0335. The first-order chi connectivity index (χ1) is 14.4. The Kier molecular flexibility index (Phi) is 5.99. The second-order valence-corrected chi connectivity index (χ2v) is 8.11. The van der Waals surface area contributed by atoms with Gasteiger partial charge < -0.3 is 4.74 Å². The molecule has 158 valence electrons. The van der Waals surface area contributed by atoms with E-state index < -0.39 is 0 Å².